The normalized spacial score (nSPS) is 11.3. The fourth-order valence-corrected chi connectivity index (χ4v) is 2.21. The maximum absolute atomic E-state index is 5.58. The molecule has 108 valence electrons. The second-order valence-electron chi connectivity index (χ2n) is 4.06. The number of rotatable bonds is 11. The fraction of sp³-hybridized carbons (Fsp3) is 0.571. The van der Waals surface area contributed by atoms with Gasteiger partial charge in [0, 0.05) is 7.11 Å². The monoisotopic (exact) mass is 284 g/mol. The zero-order valence-corrected chi connectivity index (χ0v) is 13.3. The molecule has 1 aromatic rings. The van der Waals surface area contributed by atoms with Crippen LogP contribution in [0.15, 0.2) is 24.3 Å². The molecule has 0 radical (unpaired) electrons. The van der Waals surface area contributed by atoms with Crippen LogP contribution in [0.5, 0.6) is 5.75 Å². The van der Waals surface area contributed by atoms with Crippen molar-refractivity contribution >= 4 is 14.7 Å². The quantitative estimate of drug-likeness (QED) is 0.440. The number of ether oxygens (including phenoxy) is 4. The molecule has 0 saturated carbocycles. The third-order valence-corrected chi connectivity index (χ3v) is 3.92. The van der Waals surface area contributed by atoms with Crippen LogP contribution in [0, 0.1) is 0 Å². The van der Waals surface area contributed by atoms with Crippen molar-refractivity contribution < 1.29 is 18.9 Å². The van der Waals surface area contributed by atoms with Crippen LogP contribution in [0.4, 0.5) is 0 Å². The standard InChI is InChI=1S/C14H24O4Si/c1-15-7-8-16-9-10-17-11-12-18-13-3-5-14(19-2)6-4-13/h3-6H,7-12,19H2,1-2H3. The van der Waals surface area contributed by atoms with Crippen LogP contribution >= 0.6 is 0 Å². The van der Waals surface area contributed by atoms with E-state index >= 15 is 0 Å². The molecule has 1 rings (SSSR count). The molecular formula is C14H24O4Si. The molecule has 4 nitrogen and oxygen atoms in total. The minimum absolute atomic E-state index is 0.0675. The number of methoxy groups -OCH3 is 1. The highest BCUT2D eigenvalue weighted by atomic mass is 28.2. The van der Waals surface area contributed by atoms with Gasteiger partial charge < -0.3 is 18.9 Å². The van der Waals surface area contributed by atoms with E-state index in [1.165, 1.54) is 5.19 Å². The van der Waals surface area contributed by atoms with Gasteiger partial charge >= 0.3 is 0 Å². The molecule has 19 heavy (non-hydrogen) atoms. The van der Waals surface area contributed by atoms with E-state index in [4.69, 9.17) is 18.9 Å². The molecular weight excluding hydrogens is 260 g/mol. The average Bonchev–Trinajstić information content (AvgIpc) is 2.46. The van der Waals surface area contributed by atoms with Gasteiger partial charge in [0.05, 0.1) is 42.6 Å². The summed E-state index contributed by atoms with van der Waals surface area (Å²) < 4.78 is 21.1. The van der Waals surface area contributed by atoms with Crippen molar-refractivity contribution in [2.45, 2.75) is 6.55 Å². The molecule has 5 heteroatoms. The molecule has 0 unspecified atom stereocenters. The maximum Gasteiger partial charge on any atom is 0.119 e. The van der Waals surface area contributed by atoms with Crippen molar-refractivity contribution in [1.29, 1.82) is 0 Å². The predicted octanol–water partition coefficient (Wildman–Crippen LogP) is 0.587. The van der Waals surface area contributed by atoms with Crippen LogP contribution in [0.1, 0.15) is 0 Å². The third-order valence-electron chi connectivity index (χ3n) is 2.63. The summed E-state index contributed by atoms with van der Waals surface area (Å²) in [6, 6.07) is 8.34. The van der Waals surface area contributed by atoms with Gasteiger partial charge in [0.25, 0.3) is 0 Å². The van der Waals surface area contributed by atoms with Gasteiger partial charge in [-0.25, -0.2) is 0 Å². The van der Waals surface area contributed by atoms with Gasteiger partial charge in [-0.2, -0.15) is 0 Å². The van der Waals surface area contributed by atoms with Crippen molar-refractivity contribution in [3.05, 3.63) is 24.3 Å². The maximum atomic E-state index is 5.58. The lowest BCUT2D eigenvalue weighted by molar-refractivity contribution is 0.0180. The Morgan fingerprint density at radius 3 is 2.00 bits per heavy atom. The Morgan fingerprint density at radius 2 is 1.42 bits per heavy atom. The van der Waals surface area contributed by atoms with Crippen molar-refractivity contribution in [3.8, 4) is 5.75 Å². The van der Waals surface area contributed by atoms with Gasteiger partial charge in [0.1, 0.15) is 12.4 Å². The zero-order valence-electron chi connectivity index (χ0n) is 11.9. The lowest BCUT2D eigenvalue weighted by atomic mass is 10.3. The van der Waals surface area contributed by atoms with Crippen LogP contribution in [0.3, 0.4) is 0 Å². The van der Waals surface area contributed by atoms with E-state index in [0.717, 1.165) is 5.75 Å². The van der Waals surface area contributed by atoms with Gasteiger partial charge in [0.2, 0.25) is 0 Å². The van der Waals surface area contributed by atoms with E-state index in [2.05, 4.69) is 18.7 Å². The summed E-state index contributed by atoms with van der Waals surface area (Å²) in [4.78, 5) is 0. The molecule has 0 N–H and O–H groups in total. The Labute approximate surface area is 117 Å². The van der Waals surface area contributed by atoms with Gasteiger partial charge in [0.15, 0.2) is 0 Å². The Bertz CT molecular complexity index is 316. The summed E-state index contributed by atoms with van der Waals surface area (Å²) in [5, 5.41) is 1.46. The lowest BCUT2D eigenvalue weighted by Crippen LogP contribution is -2.13. The van der Waals surface area contributed by atoms with E-state index in [1.807, 2.05) is 12.1 Å². The molecule has 0 spiro atoms. The van der Waals surface area contributed by atoms with Gasteiger partial charge in [-0.1, -0.05) is 23.9 Å². The van der Waals surface area contributed by atoms with Gasteiger partial charge in [-0.3, -0.25) is 0 Å². The molecule has 0 aromatic heterocycles. The number of benzene rings is 1. The fourth-order valence-electron chi connectivity index (χ4n) is 1.50. The summed E-state index contributed by atoms with van der Waals surface area (Å²) in [6.45, 7) is 5.85. The van der Waals surface area contributed by atoms with E-state index in [0.29, 0.717) is 39.6 Å². The molecule has 0 aliphatic rings. The van der Waals surface area contributed by atoms with Crippen molar-refractivity contribution in [1.82, 2.24) is 0 Å². The molecule has 0 amide bonds. The molecule has 0 fully saturated rings. The van der Waals surface area contributed by atoms with E-state index in [-0.39, 0.29) is 9.52 Å². The first-order valence-corrected chi connectivity index (χ1v) is 8.85. The molecule has 0 aliphatic carbocycles. The molecule has 0 aliphatic heterocycles. The van der Waals surface area contributed by atoms with Crippen LogP contribution in [0.25, 0.3) is 0 Å². The summed E-state index contributed by atoms with van der Waals surface area (Å²) in [7, 11) is 1.59. The van der Waals surface area contributed by atoms with Gasteiger partial charge in [-0.15, -0.1) is 0 Å². The topological polar surface area (TPSA) is 36.9 Å². The largest absolute Gasteiger partial charge is 0.491 e. The average molecular weight is 284 g/mol. The Kier molecular flexibility index (Phi) is 9.35. The zero-order chi connectivity index (χ0) is 13.8. The van der Waals surface area contributed by atoms with Crippen LogP contribution in [-0.2, 0) is 14.2 Å². The smallest absolute Gasteiger partial charge is 0.119 e. The van der Waals surface area contributed by atoms with Crippen molar-refractivity contribution in [2.75, 3.05) is 46.8 Å². The predicted molar refractivity (Wildman–Crippen MR) is 79.5 cm³/mol. The highest BCUT2D eigenvalue weighted by Crippen LogP contribution is 2.06. The van der Waals surface area contributed by atoms with E-state index in [9.17, 15) is 0 Å². The van der Waals surface area contributed by atoms with Crippen LogP contribution < -0.4 is 9.92 Å². The summed E-state index contributed by atoms with van der Waals surface area (Å²) >= 11 is 0. The Hall–Kier alpha value is -0.883. The third kappa shape index (κ3) is 8.00. The van der Waals surface area contributed by atoms with Gasteiger partial charge in [-0.05, 0) is 12.1 Å². The van der Waals surface area contributed by atoms with Crippen molar-refractivity contribution in [3.63, 3.8) is 0 Å². The highest BCUT2D eigenvalue weighted by molar-refractivity contribution is 6.51. The lowest BCUT2D eigenvalue weighted by Gasteiger charge is -2.08. The molecule has 0 atom stereocenters. The van der Waals surface area contributed by atoms with Crippen LogP contribution in [0.2, 0.25) is 6.55 Å². The van der Waals surface area contributed by atoms with E-state index in [1.54, 1.807) is 7.11 Å². The molecule has 1 aromatic carbocycles. The summed E-state index contributed by atoms with van der Waals surface area (Å²) in [5.41, 5.74) is 0. The highest BCUT2D eigenvalue weighted by Gasteiger charge is 1.95. The van der Waals surface area contributed by atoms with Crippen LogP contribution in [-0.4, -0.2) is 56.3 Å². The SMILES string of the molecule is COCCOCCOCCOc1ccc([SiH2]C)cc1. The Morgan fingerprint density at radius 1 is 0.842 bits per heavy atom. The summed E-state index contributed by atoms with van der Waals surface area (Å²) in [6.07, 6.45) is 0. The van der Waals surface area contributed by atoms with E-state index < -0.39 is 0 Å². The first-order chi connectivity index (χ1) is 9.36. The number of hydrogen-bond donors (Lipinski definition) is 0. The first kappa shape index (κ1) is 16.2. The number of hydrogen-bond acceptors (Lipinski definition) is 4. The summed E-state index contributed by atoms with van der Waals surface area (Å²) in [5.74, 6) is 0.908. The molecule has 0 bridgehead atoms. The minimum atomic E-state index is -0.0675. The molecule has 0 saturated heterocycles. The van der Waals surface area contributed by atoms with Crippen molar-refractivity contribution in [2.24, 2.45) is 0 Å². The minimum Gasteiger partial charge on any atom is -0.491 e. The second kappa shape index (κ2) is 11.0. The Balaban J connectivity index is 1.95. The molecule has 0 heterocycles. The first-order valence-electron chi connectivity index (χ1n) is 6.73. The second-order valence-corrected chi connectivity index (χ2v) is 5.59.